The molecule has 0 bridgehead atoms. The van der Waals surface area contributed by atoms with Crippen LogP contribution in [-0.2, 0) is 0 Å². The SMILES string of the molecule is CCC[C@H]1CC[C@H]([C@H]2CC[C@H](COc3ccc(C#N)c(F)c3F)CC2)CC1. The van der Waals surface area contributed by atoms with Crippen molar-refractivity contribution in [2.24, 2.45) is 23.7 Å². The maximum Gasteiger partial charge on any atom is 0.201 e. The number of ether oxygens (including phenoxy) is 1. The molecule has 1 aromatic carbocycles. The van der Waals surface area contributed by atoms with E-state index in [4.69, 9.17) is 10.00 Å². The molecular weight excluding hydrogens is 344 g/mol. The van der Waals surface area contributed by atoms with E-state index >= 15 is 0 Å². The molecule has 4 heteroatoms. The van der Waals surface area contributed by atoms with Crippen molar-refractivity contribution in [1.29, 1.82) is 5.26 Å². The molecular formula is C23H31F2NO. The van der Waals surface area contributed by atoms with E-state index in [1.165, 1.54) is 63.5 Å². The first-order valence-electron chi connectivity index (χ1n) is 10.6. The Labute approximate surface area is 161 Å². The monoisotopic (exact) mass is 375 g/mol. The molecule has 0 unspecified atom stereocenters. The predicted molar refractivity (Wildman–Crippen MR) is 102 cm³/mol. The van der Waals surface area contributed by atoms with Crippen molar-refractivity contribution in [3.05, 3.63) is 29.3 Å². The molecule has 0 heterocycles. The summed E-state index contributed by atoms with van der Waals surface area (Å²) in [5, 5.41) is 8.74. The van der Waals surface area contributed by atoms with Crippen molar-refractivity contribution >= 4 is 0 Å². The number of hydrogen-bond donors (Lipinski definition) is 0. The lowest BCUT2D eigenvalue weighted by atomic mass is 9.69. The normalized spacial score (nSPS) is 28.5. The zero-order chi connectivity index (χ0) is 19.2. The van der Waals surface area contributed by atoms with Crippen LogP contribution in [0.2, 0.25) is 0 Å². The lowest BCUT2D eigenvalue weighted by Crippen LogP contribution is -2.27. The molecule has 3 rings (SSSR count). The van der Waals surface area contributed by atoms with Crippen LogP contribution in [0.1, 0.15) is 76.7 Å². The second-order valence-electron chi connectivity index (χ2n) is 8.51. The Hall–Kier alpha value is -1.63. The van der Waals surface area contributed by atoms with Gasteiger partial charge in [0.05, 0.1) is 12.2 Å². The highest BCUT2D eigenvalue weighted by Crippen LogP contribution is 2.42. The quantitative estimate of drug-likeness (QED) is 0.559. The molecule has 148 valence electrons. The summed E-state index contributed by atoms with van der Waals surface area (Å²) >= 11 is 0. The Morgan fingerprint density at radius 2 is 1.52 bits per heavy atom. The smallest absolute Gasteiger partial charge is 0.201 e. The molecule has 2 fully saturated rings. The summed E-state index contributed by atoms with van der Waals surface area (Å²) in [7, 11) is 0. The summed E-state index contributed by atoms with van der Waals surface area (Å²) in [6, 6.07) is 4.28. The first-order valence-corrected chi connectivity index (χ1v) is 10.6. The van der Waals surface area contributed by atoms with E-state index in [0.29, 0.717) is 12.5 Å². The van der Waals surface area contributed by atoms with Gasteiger partial charge >= 0.3 is 0 Å². The van der Waals surface area contributed by atoms with Crippen LogP contribution in [0.3, 0.4) is 0 Å². The first-order chi connectivity index (χ1) is 13.1. The fourth-order valence-corrected chi connectivity index (χ4v) is 5.12. The van der Waals surface area contributed by atoms with Crippen molar-refractivity contribution in [1.82, 2.24) is 0 Å². The standard InChI is InChI=1S/C23H31F2NO/c1-2-3-16-4-8-18(9-5-16)19-10-6-17(7-11-19)15-27-21-13-12-20(14-26)22(24)23(21)25/h12-13,16-19H,2-11,15H2,1H3/t16-,17-,18-,19-. The Bertz CT molecular complexity index is 653. The second kappa shape index (κ2) is 9.53. The summed E-state index contributed by atoms with van der Waals surface area (Å²) in [6.45, 7) is 2.71. The number of nitriles is 1. The van der Waals surface area contributed by atoms with Gasteiger partial charge in [0, 0.05) is 0 Å². The molecule has 0 aliphatic heterocycles. The summed E-state index contributed by atoms with van der Waals surface area (Å²) < 4.78 is 33.2. The molecule has 2 aliphatic carbocycles. The van der Waals surface area contributed by atoms with Gasteiger partial charge in [0.25, 0.3) is 0 Å². The highest BCUT2D eigenvalue weighted by molar-refractivity contribution is 5.37. The molecule has 2 nitrogen and oxygen atoms in total. The van der Waals surface area contributed by atoms with Crippen molar-refractivity contribution in [2.45, 2.75) is 71.1 Å². The van der Waals surface area contributed by atoms with Gasteiger partial charge in [-0.1, -0.05) is 32.6 Å². The van der Waals surface area contributed by atoms with Gasteiger partial charge in [-0.25, -0.2) is 4.39 Å². The molecule has 0 saturated heterocycles. The van der Waals surface area contributed by atoms with E-state index in [1.807, 2.05) is 0 Å². The maximum absolute atomic E-state index is 13.9. The lowest BCUT2D eigenvalue weighted by molar-refractivity contribution is 0.120. The van der Waals surface area contributed by atoms with Gasteiger partial charge in [0.2, 0.25) is 5.82 Å². The molecule has 0 N–H and O–H groups in total. The summed E-state index contributed by atoms with van der Waals surface area (Å²) in [5.74, 6) is 0.860. The molecule has 27 heavy (non-hydrogen) atoms. The Morgan fingerprint density at radius 3 is 2.07 bits per heavy atom. The van der Waals surface area contributed by atoms with Gasteiger partial charge in [-0.15, -0.1) is 0 Å². The van der Waals surface area contributed by atoms with Crippen molar-refractivity contribution < 1.29 is 13.5 Å². The Balaban J connectivity index is 1.43. The number of benzene rings is 1. The van der Waals surface area contributed by atoms with Crippen LogP contribution in [0.4, 0.5) is 8.78 Å². The first kappa shape index (κ1) is 20.1. The van der Waals surface area contributed by atoms with Gasteiger partial charge in [-0.3, -0.25) is 0 Å². The molecule has 0 atom stereocenters. The molecule has 0 amide bonds. The fraction of sp³-hybridized carbons (Fsp3) is 0.696. The zero-order valence-corrected chi connectivity index (χ0v) is 16.4. The van der Waals surface area contributed by atoms with Gasteiger partial charge in [0.15, 0.2) is 11.6 Å². The van der Waals surface area contributed by atoms with Crippen molar-refractivity contribution in [2.75, 3.05) is 6.61 Å². The van der Waals surface area contributed by atoms with E-state index in [-0.39, 0.29) is 11.3 Å². The Kier molecular flexibility index (Phi) is 7.10. The Morgan fingerprint density at radius 1 is 0.926 bits per heavy atom. The number of halogens is 2. The largest absolute Gasteiger partial charge is 0.490 e. The van der Waals surface area contributed by atoms with Crippen LogP contribution >= 0.6 is 0 Å². The van der Waals surface area contributed by atoms with Crippen molar-refractivity contribution in [3.8, 4) is 11.8 Å². The molecule has 1 aromatic rings. The van der Waals surface area contributed by atoms with Gasteiger partial charge in [-0.05, 0) is 74.3 Å². The summed E-state index contributed by atoms with van der Waals surface area (Å²) in [5.41, 5.74) is -0.283. The van der Waals surface area contributed by atoms with Gasteiger partial charge in [-0.2, -0.15) is 9.65 Å². The third kappa shape index (κ3) is 5.00. The topological polar surface area (TPSA) is 33.0 Å². The van der Waals surface area contributed by atoms with Crippen LogP contribution < -0.4 is 4.74 Å². The highest BCUT2D eigenvalue weighted by Gasteiger charge is 2.31. The molecule has 2 saturated carbocycles. The van der Waals surface area contributed by atoms with E-state index < -0.39 is 11.6 Å². The van der Waals surface area contributed by atoms with Crippen molar-refractivity contribution in [3.63, 3.8) is 0 Å². The molecule has 0 spiro atoms. The van der Waals surface area contributed by atoms with E-state index in [9.17, 15) is 8.78 Å². The lowest BCUT2D eigenvalue weighted by Gasteiger charge is -2.37. The third-order valence-corrected chi connectivity index (χ3v) is 6.79. The van der Waals surface area contributed by atoms with Crippen LogP contribution in [0.25, 0.3) is 0 Å². The second-order valence-corrected chi connectivity index (χ2v) is 8.51. The average Bonchev–Trinajstić information content (AvgIpc) is 2.70. The van der Waals surface area contributed by atoms with Crippen LogP contribution in [0.15, 0.2) is 12.1 Å². The van der Waals surface area contributed by atoms with E-state index in [1.54, 1.807) is 6.07 Å². The zero-order valence-electron chi connectivity index (χ0n) is 16.4. The van der Waals surface area contributed by atoms with E-state index in [0.717, 1.165) is 30.6 Å². The maximum atomic E-state index is 13.9. The third-order valence-electron chi connectivity index (χ3n) is 6.79. The number of nitrogens with zero attached hydrogens (tertiary/aromatic N) is 1. The molecule has 0 radical (unpaired) electrons. The molecule has 0 aromatic heterocycles. The fourth-order valence-electron chi connectivity index (χ4n) is 5.12. The predicted octanol–water partition coefficient (Wildman–Crippen LogP) is 6.63. The minimum absolute atomic E-state index is 0.0807. The number of hydrogen-bond acceptors (Lipinski definition) is 2. The van der Waals surface area contributed by atoms with Crippen LogP contribution in [0.5, 0.6) is 5.75 Å². The highest BCUT2D eigenvalue weighted by atomic mass is 19.2. The summed E-state index contributed by atoms with van der Waals surface area (Å²) in [4.78, 5) is 0. The minimum Gasteiger partial charge on any atom is -0.490 e. The minimum atomic E-state index is -1.11. The van der Waals surface area contributed by atoms with Gasteiger partial charge < -0.3 is 4.74 Å². The summed E-state index contributed by atoms with van der Waals surface area (Å²) in [6.07, 6.45) is 13.0. The number of rotatable bonds is 6. The van der Waals surface area contributed by atoms with Crippen LogP contribution in [-0.4, -0.2) is 6.61 Å². The van der Waals surface area contributed by atoms with E-state index in [2.05, 4.69) is 6.92 Å². The van der Waals surface area contributed by atoms with Gasteiger partial charge in [0.1, 0.15) is 6.07 Å². The molecule has 2 aliphatic rings. The average molecular weight is 376 g/mol. The van der Waals surface area contributed by atoms with Crippen LogP contribution in [0, 0.1) is 46.6 Å².